The number of carbonyl (C=O) groups excluding carboxylic acids is 3. The fourth-order valence-electron chi connectivity index (χ4n) is 11.8. The van der Waals surface area contributed by atoms with Gasteiger partial charge in [0.15, 0.2) is 17.5 Å². The summed E-state index contributed by atoms with van der Waals surface area (Å²) < 4.78 is 21.0. The number of quaternary nitrogens is 1. The number of fused-ring (bicyclic) bond motifs is 2. The van der Waals surface area contributed by atoms with E-state index in [1.165, 1.54) is 42.3 Å². The van der Waals surface area contributed by atoms with Crippen molar-refractivity contribution in [1.29, 1.82) is 0 Å². The van der Waals surface area contributed by atoms with Crippen LogP contribution in [0.1, 0.15) is 83.3 Å². The molecule has 7 N–H and O–H groups in total. The minimum absolute atomic E-state index is 0.0304. The number of nitrogens with two attached hydrogens (primary N) is 2. The highest BCUT2D eigenvalue weighted by atomic mass is 16.6. The molecule has 5 aliphatic carbocycles. The summed E-state index contributed by atoms with van der Waals surface area (Å²) in [5, 5.41) is 17.3. The van der Waals surface area contributed by atoms with Crippen molar-refractivity contribution in [3.63, 3.8) is 0 Å². The van der Waals surface area contributed by atoms with Crippen molar-refractivity contribution in [3.8, 4) is 11.5 Å². The number of carbonyl (C=O) groups is 3. The van der Waals surface area contributed by atoms with Crippen LogP contribution in [0.15, 0.2) is 17.1 Å². The summed E-state index contributed by atoms with van der Waals surface area (Å²) in [4.78, 5) is 43.7. The summed E-state index contributed by atoms with van der Waals surface area (Å²) in [5.41, 5.74) is 11.2. The van der Waals surface area contributed by atoms with Gasteiger partial charge in [-0.3, -0.25) is 14.6 Å². The third kappa shape index (κ3) is 6.03. The van der Waals surface area contributed by atoms with Crippen LogP contribution >= 0.6 is 0 Å². The first-order valence-corrected chi connectivity index (χ1v) is 19.5. The molecule has 14 heteroatoms. The van der Waals surface area contributed by atoms with Crippen LogP contribution in [0.5, 0.6) is 11.5 Å². The van der Waals surface area contributed by atoms with Gasteiger partial charge in [-0.1, -0.05) is 6.07 Å². The van der Waals surface area contributed by atoms with Gasteiger partial charge in [-0.05, 0) is 70.4 Å². The summed E-state index contributed by atoms with van der Waals surface area (Å²) in [6, 6.07) is 3.67. The lowest BCUT2D eigenvalue weighted by Gasteiger charge is -2.75. The molecular formula is C39H60N7O7+. The van der Waals surface area contributed by atoms with E-state index in [2.05, 4.69) is 28.7 Å². The molecule has 0 radical (unpaired) electrons. The van der Waals surface area contributed by atoms with Crippen LogP contribution in [0.2, 0.25) is 0 Å². The Morgan fingerprint density at radius 2 is 1.96 bits per heavy atom. The molecular weight excluding hydrogens is 678 g/mol. The molecule has 3 amide bonds. The molecule has 7 aliphatic rings. The number of hydrogen-bond donors (Lipinski definition) is 5. The number of amides is 3. The first kappa shape index (κ1) is 37.7. The Bertz CT molecular complexity index is 1670. The first-order chi connectivity index (χ1) is 25.0. The predicted octanol–water partition coefficient (Wildman–Crippen LogP) is 1.93. The summed E-state index contributed by atoms with van der Waals surface area (Å²) in [6.07, 6.45) is 7.22. The largest absolute Gasteiger partial charge is 0.482 e. The van der Waals surface area contributed by atoms with Crippen LogP contribution < -0.4 is 31.6 Å². The highest BCUT2D eigenvalue weighted by Crippen LogP contribution is 2.78. The van der Waals surface area contributed by atoms with Crippen molar-refractivity contribution in [2.24, 2.45) is 33.7 Å². The van der Waals surface area contributed by atoms with Crippen LogP contribution in [0.3, 0.4) is 0 Å². The Morgan fingerprint density at radius 3 is 2.62 bits per heavy atom. The van der Waals surface area contributed by atoms with Crippen molar-refractivity contribution in [3.05, 3.63) is 23.3 Å². The maximum Gasteiger partial charge on any atom is 0.415 e. The molecule has 5 fully saturated rings. The van der Waals surface area contributed by atoms with Gasteiger partial charge in [0, 0.05) is 76.4 Å². The molecule has 0 aromatic heterocycles. The quantitative estimate of drug-likeness (QED) is 0.0822. The molecule has 292 valence electrons. The summed E-state index contributed by atoms with van der Waals surface area (Å²) in [6.45, 7) is 8.14. The van der Waals surface area contributed by atoms with Crippen LogP contribution in [0.25, 0.3) is 0 Å². The number of guanidine groups is 1. The molecule has 4 bridgehead atoms. The Balaban J connectivity index is 1.11. The van der Waals surface area contributed by atoms with E-state index in [0.29, 0.717) is 36.9 Å². The summed E-state index contributed by atoms with van der Waals surface area (Å²) >= 11 is 0. The highest BCUT2D eigenvalue weighted by molar-refractivity contribution is 5.86. The van der Waals surface area contributed by atoms with Gasteiger partial charge in [0.2, 0.25) is 11.8 Å². The Hall–Kier alpha value is -3.62. The third-order valence-corrected chi connectivity index (χ3v) is 14.1. The standard InChI is InChI=1S/C39H59N7O7/c1-23(47)44-26(8-7-16-43-34(40)41)32(48)42-17-18-45(4)35(49)52-27-12-11-25-20-29-37-13-14-39(51-6,28(21-37)36(2,3)50)33-38(37,30(25)31(27)53-33)15-19-46(29,5)22-24-9-10-24/h11-12,24,26,28-29,33,50H,7-10,13-22H2,1-6H3,(H5-,40,41,42,43,44,47,48)/p+1/t26-,28+,29-,33+,37+,38-,39+,46?/m0/s1. The van der Waals surface area contributed by atoms with Crippen molar-refractivity contribution in [1.82, 2.24) is 15.5 Å². The molecule has 2 heterocycles. The van der Waals surface area contributed by atoms with Crippen LogP contribution in [-0.4, -0.2) is 122 Å². The second kappa shape index (κ2) is 13.3. The summed E-state index contributed by atoms with van der Waals surface area (Å²) in [7, 11) is 5.88. The zero-order chi connectivity index (χ0) is 38.1. The fourth-order valence-corrected chi connectivity index (χ4v) is 11.8. The average Bonchev–Trinajstić information content (AvgIpc) is 3.83. The number of rotatable bonds is 14. The number of benzene rings is 1. The number of methoxy groups -OCH3 is 1. The fraction of sp³-hybridized carbons (Fsp3) is 0.744. The van der Waals surface area contributed by atoms with E-state index < -0.39 is 23.3 Å². The number of likely N-dealkylation sites (N-methyl/N-ethyl adjacent to an activating group) is 2. The molecule has 4 saturated carbocycles. The zero-order valence-electron chi connectivity index (χ0n) is 32.3. The number of aliphatic hydroxyl groups is 1. The molecule has 2 aliphatic heterocycles. The molecule has 1 unspecified atom stereocenters. The van der Waals surface area contributed by atoms with Gasteiger partial charge in [0.25, 0.3) is 0 Å². The van der Waals surface area contributed by atoms with Gasteiger partial charge in [0.1, 0.15) is 17.7 Å². The number of ether oxygens (including phenoxy) is 3. The van der Waals surface area contributed by atoms with Crippen LogP contribution in [0.4, 0.5) is 4.79 Å². The minimum atomic E-state index is -0.971. The molecule has 1 aromatic rings. The monoisotopic (exact) mass is 738 g/mol. The van der Waals surface area contributed by atoms with Gasteiger partial charge in [-0.25, -0.2) is 4.79 Å². The second-order valence-corrected chi connectivity index (χ2v) is 17.7. The molecule has 8 rings (SSSR count). The van der Waals surface area contributed by atoms with Gasteiger partial charge < -0.3 is 50.8 Å². The molecule has 14 nitrogen and oxygen atoms in total. The molecule has 1 aromatic carbocycles. The minimum Gasteiger partial charge on any atom is -0.482 e. The van der Waals surface area contributed by atoms with E-state index in [1.807, 2.05) is 19.9 Å². The van der Waals surface area contributed by atoms with Crippen molar-refractivity contribution < 1.29 is 38.2 Å². The number of likely N-dealkylation sites (tertiary alicyclic amines) is 1. The van der Waals surface area contributed by atoms with E-state index >= 15 is 0 Å². The number of nitrogens with zero attached hydrogens (tertiary/aromatic N) is 3. The van der Waals surface area contributed by atoms with E-state index in [1.54, 1.807) is 14.2 Å². The number of piperidine rings is 1. The summed E-state index contributed by atoms with van der Waals surface area (Å²) in [5.74, 6) is 0.990. The van der Waals surface area contributed by atoms with E-state index in [0.717, 1.165) is 49.0 Å². The van der Waals surface area contributed by atoms with E-state index in [4.69, 9.17) is 25.7 Å². The lowest BCUT2D eigenvalue weighted by Crippen LogP contribution is -2.84. The smallest absolute Gasteiger partial charge is 0.415 e. The number of nitrogens with one attached hydrogen (secondary N) is 2. The van der Waals surface area contributed by atoms with Crippen molar-refractivity contribution >= 4 is 23.9 Å². The highest BCUT2D eigenvalue weighted by Gasteiger charge is 2.84. The molecule has 2 spiro atoms. The normalized spacial score (nSPS) is 33.6. The number of aliphatic imine (C=N–C) groups is 1. The molecule has 8 atom stereocenters. The van der Waals surface area contributed by atoms with E-state index in [9.17, 15) is 19.5 Å². The molecule has 53 heavy (non-hydrogen) atoms. The Kier molecular flexibility index (Phi) is 9.45. The maximum absolute atomic E-state index is 13.6. The van der Waals surface area contributed by atoms with Gasteiger partial charge >= 0.3 is 6.09 Å². The topological polar surface area (TPSA) is 191 Å². The molecule has 1 saturated heterocycles. The average molecular weight is 739 g/mol. The Morgan fingerprint density at radius 1 is 1.21 bits per heavy atom. The lowest BCUT2D eigenvalue weighted by atomic mass is 9.33. The van der Waals surface area contributed by atoms with Crippen molar-refractivity contribution in [2.45, 2.75) is 113 Å². The van der Waals surface area contributed by atoms with Crippen LogP contribution in [-0.2, 0) is 26.2 Å². The zero-order valence-corrected chi connectivity index (χ0v) is 32.3. The first-order valence-electron chi connectivity index (χ1n) is 19.5. The third-order valence-electron chi connectivity index (χ3n) is 14.1. The van der Waals surface area contributed by atoms with Gasteiger partial charge in [0.05, 0.1) is 37.2 Å². The lowest BCUT2D eigenvalue weighted by molar-refractivity contribution is -0.952. The van der Waals surface area contributed by atoms with Crippen LogP contribution in [0, 0.1) is 17.3 Å². The number of hydrogen-bond acceptors (Lipinski definition) is 8. The SMILES string of the molecule is CO[C@]12CC[C@@]3(C[C@@H]1C(C)(C)O)[C@@H]1Cc4ccc(OC(=O)N(C)CCNC(=O)[C@H](CCCN=C(N)N)NC(C)=O)c5c4[C@@]3(CC[N+]1(C)CC1CC1)[C@H]2O5. The van der Waals surface area contributed by atoms with Gasteiger partial charge in [-0.15, -0.1) is 0 Å². The Labute approximate surface area is 312 Å². The second-order valence-electron chi connectivity index (χ2n) is 17.7. The van der Waals surface area contributed by atoms with E-state index in [-0.39, 0.29) is 53.7 Å². The maximum atomic E-state index is 13.6. The van der Waals surface area contributed by atoms with Gasteiger partial charge in [-0.2, -0.15) is 0 Å². The predicted molar refractivity (Wildman–Crippen MR) is 198 cm³/mol. The van der Waals surface area contributed by atoms with Crippen molar-refractivity contribution in [2.75, 3.05) is 53.9 Å².